The number of hydrazine groups is 1. The van der Waals surface area contributed by atoms with E-state index < -0.39 is 4.92 Å². The van der Waals surface area contributed by atoms with Crippen molar-refractivity contribution in [3.63, 3.8) is 0 Å². The first-order chi connectivity index (χ1) is 9.99. The maximum absolute atomic E-state index is 12.9. The number of aromatic nitrogens is 1. The van der Waals surface area contributed by atoms with Gasteiger partial charge in [0.25, 0.3) is 5.69 Å². The lowest BCUT2D eigenvalue weighted by molar-refractivity contribution is -0.384. The molecule has 0 fully saturated rings. The van der Waals surface area contributed by atoms with Crippen LogP contribution in [0.5, 0.6) is 0 Å². The van der Waals surface area contributed by atoms with E-state index in [1.54, 1.807) is 12.1 Å². The molecule has 0 spiro atoms. The molecule has 0 bridgehead atoms. The predicted molar refractivity (Wildman–Crippen MR) is 77.1 cm³/mol. The molecule has 8 heteroatoms. The SMILES string of the molecule is CC(Nc1cc([N+](=O)[O-])cc(NN)n1)c1ccc(F)cc1. The molecule has 2 rings (SSSR count). The summed E-state index contributed by atoms with van der Waals surface area (Å²) in [5.41, 5.74) is 2.97. The van der Waals surface area contributed by atoms with Crippen molar-refractivity contribution < 1.29 is 9.31 Å². The summed E-state index contributed by atoms with van der Waals surface area (Å²) in [7, 11) is 0. The molecule has 1 aromatic carbocycles. The van der Waals surface area contributed by atoms with Crippen LogP contribution in [-0.2, 0) is 0 Å². The fourth-order valence-electron chi connectivity index (χ4n) is 1.83. The van der Waals surface area contributed by atoms with Crippen LogP contribution in [0.1, 0.15) is 18.5 Å². The van der Waals surface area contributed by atoms with Gasteiger partial charge < -0.3 is 10.7 Å². The lowest BCUT2D eigenvalue weighted by Gasteiger charge is -2.15. The molecule has 1 heterocycles. The van der Waals surface area contributed by atoms with Crippen molar-refractivity contribution in [3.05, 3.63) is 57.9 Å². The standard InChI is InChI=1S/C13H14FN5O2/c1-8(9-2-4-10(14)5-3-9)16-12-6-11(19(20)21)7-13(17-12)18-15/h2-8H,15H2,1H3,(H2,16,17,18). The molecule has 0 amide bonds. The zero-order chi connectivity index (χ0) is 15.4. The number of nitrogens with one attached hydrogen (secondary N) is 2. The molecule has 0 aliphatic heterocycles. The number of nitrogens with two attached hydrogens (primary N) is 1. The number of rotatable bonds is 5. The molecule has 0 aliphatic rings. The third-order valence-corrected chi connectivity index (χ3v) is 2.90. The number of nitro groups is 1. The summed E-state index contributed by atoms with van der Waals surface area (Å²) in [5, 5.41) is 13.9. The van der Waals surface area contributed by atoms with Crippen molar-refractivity contribution in [2.45, 2.75) is 13.0 Å². The van der Waals surface area contributed by atoms with Gasteiger partial charge in [-0.05, 0) is 24.6 Å². The molecule has 2 aromatic rings. The van der Waals surface area contributed by atoms with E-state index in [2.05, 4.69) is 15.7 Å². The molecule has 7 nitrogen and oxygen atoms in total. The topological polar surface area (TPSA) is 106 Å². The van der Waals surface area contributed by atoms with E-state index in [1.165, 1.54) is 24.3 Å². The molecule has 0 saturated heterocycles. The second-order valence-corrected chi connectivity index (χ2v) is 4.41. The minimum Gasteiger partial charge on any atom is -0.363 e. The van der Waals surface area contributed by atoms with E-state index in [0.29, 0.717) is 5.82 Å². The number of anilines is 2. The highest BCUT2D eigenvalue weighted by atomic mass is 19.1. The number of halogens is 1. The van der Waals surface area contributed by atoms with Crippen LogP contribution in [0.2, 0.25) is 0 Å². The number of hydrogen-bond donors (Lipinski definition) is 3. The van der Waals surface area contributed by atoms with Crippen LogP contribution in [0.25, 0.3) is 0 Å². The largest absolute Gasteiger partial charge is 0.363 e. The molecule has 21 heavy (non-hydrogen) atoms. The van der Waals surface area contributed by atoms with Crippen molar-refractivity contribution in [3.8, 4) is 0 Å². The first kappa shape index (κ1) is 14.7. The Hall–Kier alpha value is -2.74. The van der Waals surface area contributed by atoms with E-state index >= 15 is 0 Å². The number of benzene rings is 1. The quantitative estimate of drug-likeness (QED) is 0.444. The minimum absolute atomic E-state index is 0.133. The summed E-state index contributed by atoms with van der Waals surface area (Å²) in [6.45, 7) is 1.84. The van der Waals surface area contributed by atoms with Crippen molar-refractivity contribution in [2.75, 3.05) is 10.7 Å². The lowest BCUT2D eigenvalue weighted by atomic mass is 10.1. The molecule has 0 radical (unpaired) electrons. The van der Waals surface area contributed by atoms with E-state index in [1.807, 2.05) is 6.92 Å². The van der Waals surface area contributed by atoms with Gasteiger partial charge in [-0.25, -0.2) is 15.2 Å². The van der Waals surface area contributed by atoms with Crippen LogP contribution < -0.4 is 16.6 Å². The Morgan fingerprint density at radius 2 is 1.90 bits per heavy atom. The Balaban J connectivity index is 2.23. The Bertz CT molecular complexity index is 648. The first-order valence-corrected chi connectivity index (χ1v) is 6.14. The van der Waals surface area contributed by atoms with Gasteiger partial charge in [-0.15, -0.1) is 0 Å². The third-order valence-electron chi connectivity index (χ3n) is 2.90. The normalized spacial score (nSPS) is 11.8. The van der Waals surface area contributed by atoms with Crippen molar-refractivity contribution in [1.82, 2.24) is 4.98 Å². The Morgan fingerprint density at radius 1 is 1.29 bits per heavy atom. The van der Waals surface area contributed by atoms with Crippen molar-refractivity contribution in [1.29, 1.82) is 0 Å². The fourth-order valence-corrected chi connectivity index (χ4v) is 1.83. The number of nitrogen functional groups attached to an aromatic ring is 1. The van der Waals surface area contributed by atoms with Crippen LogP contribution in [0, 0.1) is 15.9 Å². The molecule has 0 saturated carbocycles. The second-order valence-electron chi connectivity index (χ2n) is 4.41. The Labute approximate surface area is 120 Å². The van der Waals surface area contributed by atoms with Gasteiger partial charge in [0, 0.05) is 6.04 Å². The maximum atomic E-state index is 12.9. The highest BCUT2D eigenvalue weighted by Gasteiger charge is 2.13. The molecule has 110 valence electrons. The van der Waals surface area contributed by atoms with E-state index in [-0.39, 0.29) is 23.4 Å². The van der Waals surface area contributed by atoms with Gasteiger partial charge in [0.15, 0.2) is 0 Å². The minimum atomic E-state index is -0.531. The van der Waals surface area contributed by atoms with Gasteiger partial charge >= 0.3 is 0 Å². The summed E-state index contributed by atoms with van der Waals surface area (Å²) in [5.74, 6) is 5.40. The average molecular weight is 291 g/mol. The summed E-state index contributed by atoms with van der Waals surface area (Å²) in [6, 6.07) is 8.29. The summed E-state index contributed by atoms with van der Waals surface area (Å²) in [4.78, 5) is 14.4. The molecular formula is C13H14FN5O2. The van der Waals surface area contributed by atoms with E-state index in [4.69, 9.17) is 5.84 Å². The second kappa shape index (κ2) is 6.14. The summed E-state index contributed by atoms with van der Waals surface area (Å²) >= 11 is 0. The fraction of sp³-hybridized carbons (Fsp3) is 0.154. The maximum Gasteiger partial charge on any atom is 0.276 e. The zero-order valence-corrected chi connectivity index (χ0v) is 11.2. The monoisotopic (exact) mass is 291 g/mol. The lowest BCUT2D eigenvalue weighted by Crippen LogP contribution is -2.12. The molecule has 1 atom stereocenters. The molecular weight excluding hydrogens is 277 g/mol. The van der Waals surface area contributed by atoms with Crippen molar-refractivity contribution >= 4 is 17.3 Å². The average Bonchev–Trinajstić information content (AvgIpc) is 2.47. The summed E-state index contributed by atoms with van der Waals surface area (Å²) in [6.07, 6.45) is 0. The highest BCUT2D eigenvalue weighted by molar-refractivity contribution is 5.54. The molecule has 1 aromatic heterocycles. The Kier molecular flexibility index (Phi) is 4.29. The van der Waals surface area contributed by atoms with Crippen LogP contribution in [0.4, 0.5) is 21.7 Å². The highest BCUT2D eigenvalue weighted by Crippen LogP contribution is 2.24. The number of pyridine rings is 1. The van der Waals surface area contributed by atoms with Gasteiger partial charge in [-0.3, -0.25) is 10.1 Å². The zero-order valence-electron chi connectivity index (χ0n) is 11.2. The van der Waals surface area contributed by atoms with Crippen LogP contribution in [-0.4, -0.2) is 9.91 Å². The van der Waals surface area contributed by atoms with Crippen LogP contribution in [0.3, 0.4) is 0 Å². The molecule has 1 unspecified atom stereocenters. The van der Waals surface area contributed by atoms with Crippen LogP contribution in [0.15, 0.2) is 36.4 Å². The van der Waals surface area contributed by atoms with Gasteiger partial charge in [-0.1, -0.05) is 12.1 Å². The first-order valence-electron chi connectivity index (χ1n) is 6.14. The van der Waals surface area contributed by atoms with Gasteiger partial charge in [0.2, 0.25) is 0 Å². The number of hydrogen-bond acceptors (Lipinski definition) is 6. The third kappa shape index (κ3) is 3.63. The van der Waals surface area contributed by atoms with E-state index in [0.717, 1.165) is 5.56 Å². The van der Waals surface area contributed by atoms with E-state index in [9.17, 15) is 14.5 Å². The van der Waals surface area contributed by atoms with Gasteiger partial charge in [0.1, 0.15) is 17.5 Å². The molecule has 4 N–H and O–H groups in total. The summed E-state index contributed by atoms with van der Waals surface area (Å²) < 4.78 is 12.9. The Morgan fingerprint density at radius 3 is 2.48 bits per heavy atom. The van der Waals surface area contributed by atoms with Crippen LogP contribution >= 0.6 is 0 Å². The van der Waals surface area contributed by atoms with Crippen molar-refractivity contribution in [2.24, 2.45) is 5.84 Å². The predicted octanol–water partition coefficient (Wildman–Crippen LogP) is 2.59. The molecule has 0 aliphatic carbocycles. The van der Waals surface area contributed by atoms with Gasteiger partial charge in [0.05, 0.1) is 17.1 Å². The van der Waals surface area contributed by atoms with Gasteiger partial charge in [-0.2, -0.15) is 0 Å². The smallest absolute Gasteiger partial charge is 0.276 e. The number of nitrogens with zero attached hydrogens (tertiary/aromatic N) is 2.